The number of benzene rings is 1. The van der Waals surface area contributed by atoms with Crippen molar-refractivity contribution in [3.8, 4) is 0 Å². The lowest BCUT2D eigenvalue weighted by Gasteiger charge is -2.48. The van der Waals surface area contributed by atoms with E-state index in [2.05, 4.69) is 24.3 Å². The lowest BCUT2D eigenvalue weighted by Crippen LogP contribution is -2.62. The van der Waals surface area contributed by atoms with Gasteiger partial charge in [-0.05, 0) is 37.1 Å². The van der Waals surface area contributed by atoms with Crippen LogP contribution in [0.2, 0.25) is 0 Å². The molecule has 0 N–H and O–H groups in total. The lowest BCUT2D eigenvalue weighted by molar-refractivity contribution is 0.0242. The summed E-state index contributed by atoms with van der Waals surface area (Å²) < 4.78 is 15.5. The van der Waals surface area contributed by atoms with Gasteiger partial charge in [-0.2, -0.15) is 0 Å². The third-order valence-corrected chi connectivity index (χ3v) is 6.03. The van der Waals surface area contributed by atoms with Crippen LogP contribution in [0.15, 0.2) is 36.8 Å². The Morgan fingerprint density at radius 2 is 1.69 bits per heavy atom. The van der Waals surface area contributed by atoms with E-state index in [1.807, 2.05) is 24.7 Å². The van der Waals surface area contributed by atoms with Gasteiger partial charge in [-0.25, -0.2) is 9.37 Å². The number of nitrogens with zero attached hydrogens (tertiary/aromatic N) is 5. The van der Waals surface area contributed by atoms with Gasteiger partial charge in [0.15, 0.2) is 0 Å². The molecular formula is C20H26FN5. The molecule has 5 rings (SSSR count). The number of rotatable bonds is 5. The Morgan fingerprint density at radius 1 is 0.962 bits per heavy atom. The first-order chi connectivity index (χ1) is 12.8. The van der Waals surface area contributed by atoms with Crippen molar-refractivity contribution in [3.05, 3.63) is 48.3 Å². The molecule has 2 aromatic rings. The van der Waals surface area contributed by atoms with Gasteiger partial charge in [-0.15, -0.1) is 0 Å². The van der Waals surface area contributed by atoms with Gasteiger partial charge in [-0.3, -0.25) is 9.80 Å². The Kier molecular flexibility index (Phi) is 4.17. The summed E-state index contributed by atoms with van der Waals surface area (Å²) in [5.41, 5.74) is 2.50. The fourth-order valence-corrected chi connectivity index (χ4v) is 4.26. The normalized spacial score (nSPS) is 22.6. The predicted molar refractivity (Wildman–Crippen MR) is 99.7 cm³/mol. The van der Waals surface area contributed by atoms with E-state index in [0.717, 1.165) is 51.5 Å². The Hall–Kier alpha value is -1.92. The van der Waals surface area contributed by atoms with Crippen molar-refractivity contribution in [1.82, 2.24) is 19.4 Å². The van der Waals surface area contributed by atoms with Gasteiger partial charge < -0.3 is 9.47 Å². The maximum absolute atomic E-state index is 13.1. The molecule has 2 aliphatic heterocycles. The molecule has 0 bridgehead atoms. The van der Waals surface area contributed by atoms with Crippen molar-refractivity contribution in [2.45, 2.75) is 31.5 Å². The van der Waals surface area contributed by atoms with E-state index in [1.54, 1.807) is 12.1 Å². The molecule has 0 radical (unpaired) electrons. The third-order valence-electron chi connectivity index (χ3n) is 6.03. The third kappa shape index (κ3) is 3.23. The highest BCUT2D eigenvalue weighted by Gasteiger charge is 2.34. The number of hydrogen-bond donors (Lipinski definition) is 0. The molecule has 0 atom stereocenters. The second kappa shape index (κ2) is 6.67. The van der Waals surface area contributed by atoms with Gasteiger partial charge in [-0.1, -0.05) is 0 Å². The second-order valence-electron chi connectivity index (χ2n) is 7.87. The summed E-state index contributed by atoms with van der Waals surface area (Å²) in [6.07, 6.45) is 6.65. The quantitative estimate of drug-likeness (QED) is 0.823. The Morgan fingerprint density at radius 3 is 2.38 bits per heavy atom. The Bertz CT molecular complexity index is 740. The first-order valence-corrected chi connectivity index (χ1v) is 9.74. The molecule has 1 aromatic carbocycles. The van der Waals surface area contributed by atoms with Crippen LogP contribution < -0.4 is 4.90 Å². The first kappa shape index (κ1) is 16.3. The van der Waals surface area contributed by atoms with E-state index < -0.39 is 0 Å². The van der Waals surface area contributed by atoms with Crippen LogP contribution in [-0.2, 0) is 6.54 Å². The van der Waals surface area contributed by atoms with Crippen LogP contribution in [0.4, 0.5) is 10.1 Å². The van der Waals surface area contributed by atoms with Crippen LogP contribution in [0.25, 0.3) is 0 Å². The molecule has 1 aromatic heterocycles. The van der Waals surface area contributed by atoms with Crippen molar-refractivity contribution < 1.29 is 4.39 Å². The number of halogens is 1. The molecule has 3 fully saturated rings. The van der Waals surface area contributed by atoms with Crippen molar-refractivity contribution in [2.75, 3.05) is 44.2 Å². The van der Waals surface area contributed by atoms with Gasteiger partial charge in [0.05, 0.1) is 12.0 Å². The van der Waals surface area contributed by atoms with Crippen LogP contribution in [0.5, 0.6) is 0 Å². The fraction of sp³-hybridized carbons (Fsp3) is 0.550. The van der Waals surface area contributed by atoms with Gasteiger partial charge in [0.2, 0.25) is 0 Å². The maximum Gasteiger partial charge on any atom is 0.123 e. The molecule has 26 heavy (non-hydrogen) atoms. The summed E-state index contributed by atoms with van der Waals surface area (Å²) in [4.78, 5) is 11.9. The van der Waals surface area contributed by atoms with Crippen molar-refractivity contribution >= 4 is 5.69 Å². The fourth-order valence-electron chi connectivity index (χ4n) is 4.26. The molecule has 3 heterocycles. The molecule has 2 saturated heterocycles. The van der Waals surface area contributed by atoms with Crippen LogP contribution in [0.3, 0.4) is 0 Å². The van der Waals surface area contributed by atoms with E-state index in [1.165, 1.54) is 18.5 Å². The molecule has 138 valence electrons. The monoisotopic (exact) mass is 355 g/mol. The van der Waals surface area contributed by atoms with E-state index in [4.69, 9.17) is 0 Å². The summed E-state index contributed by atoms with van der Waals surface area (Å²) in [5.74, 6) is -0.162. The van der Waals surface area contributed by atoms with Crippen LogP contribution in [-0.4, -0.2) is 64.7 Å². The largest absolute Gasteiger partial charge is 0.369 e. The highest BCUT2D eigenvalue weighted by Crippen LogP contribution is 2.36. The minimum Gasteiger partial charge on any atom is -0.369 e. The average molecular weight is 355 g/mol. The van der Waals surface area contributed by atoms with Crippen LogP contribution in [0, 0.1) is 5.82 Å². The highest BCUT2D eigenvalue weighted by atomic mass is 19.1. The van der Waals surface area contributed by atoms with E-state index in [0.29, 0.717) is 12.1 Å². The maximum atomic E-state index is 13.1. The van der Waals surface area contributed by atoms with E-state index >= 15 is 0 Å². The van der Waals surface area contributed by atoms with E-state index in [9.17, 15) is 4.39 Å². The molecule has 6 heteroatoms. The van der Waals surface area contributed by atoms with Crippen molar-refractivity contribution in [2.24, 2.45) is 0 Å². The summed E-state index contributed by atoms with van der Waals surface area (Å²) in [6.45, 7) is 7.58. The molecule has 5 nitrogen and oxygen atoms in total. The van der Waals surface area contributed by atoms with Crippen molar-refractivity contribution in [1.29, 1.82) is 0 Å². The zero-order valence-electron chi connectivity index (χ0n) is 15.1. The Balaban J connectivity index is 1.10. The zero-order chi connectivity index (χ0) is 17.5. The average Bonchev–Trinajstić information content (AvgIpc) is 3.37. The minimum absolute atomic E-state index is 0.162. The zero-order valence-corrected chi connectivity index (χ0v) is 15.1. The van der Waals surface area contributed by atoms with Crippen LogP contribution >= 0.6 is 0 Å². The molecule has 1 aliphatic carbocycles. The predicted octanol–water partition coefficient (Wildman–Crippen LogP) is 2.36. The smallest absolute Gasteiger partial charge is 0.123 e. The number of piperazine rings is 1. The van der Waals surface area contributed by atoms with Gasteiger partial charge in [0, 0.05) is 69.8 Å². The molecule has 1 saturated carbocycles. The number of hydrogen-bond acceptors (Lipinski definition) is 4. The summed E-state index contributed by atoms with van der Waals surface area (Å²) >= 11 is 0. The van der Waals surface area contributed by atoms with E-state index in [-0.39, 0.29) is 5.82 Å². The highest BCUT2D eigenvalue weighted by molar-refractivity contribution is 5.46. The number of anilines is 1. The van der Waals surface area contributed by atoms with Crippen molar-refractivity contribution in [3.63, 3.8) is 0 Å². The van der Waals surface area contributed by atoms with Gasteiger partial charge in [0.25, 0.3) is 0 Å². The van der Waals surface area contributed by atoms with Crippen LogP contribution in [0.1, 0.15) is 24.6 Å². The molecule has 3 aliphatic rings. The molecule has 0 unspecified atom stereocenters. The summed E-state index contributed by atoms with van der Waals surface area (Å²) in [5, 5.41) is 0. The number of likely N-dealkylation sites (tertiary alicyclic amines) is 1. The summed E-state index contributed by atoms with van der Waals surface area (Å²) in [6, 6.07) is 8.28. The second-order valence-corrected chi connectivity index (χ2v) is 7.87. The minimum atomic E-state index is -0.162. The topological polar surface area (TPSA) is 27.5 Å². The standard InChI is InChI=1S/C20H26FN5/c21-16-1-3-17(4-2-16)24-7-9-25(10-8-24)20-13-23(14-20)12-19-11-22-15-26(19)18-5-6-18/h1-4,11,15,18,20H,5-10,12-14H2. The number of aromatic nitrogens is 2. The molecule has 0 spiro atoms. The lowest BCUT2D eigenvalue weighted by atomic mass is 10.1. The molecular weight excluding hydrogens is 329 g/mol. The first-order valence-electron chi connectivity index (χ1n) is 9.74. The van der Waals surface area contributed by atoms with Gasteiger partial charge >= 0.3 is 0 Å². The summed E-state index contributed by atoms with van der Waals surface area (Å²) in [7, 11) is 0. The molecule has 0 amide bonds. The number of imidazole rings is 1. The SMILES string of the molecule is Fc1ccc(N2CCN(C3CN(Cc4cncn4C4CC4)C3)CC2)cc1. The van der Waals surface area contributed by atoms with Gasteiger partial charge in [0.1, 0.15) is 5.82 Å². The Labute approximate surface area is 154 Å².